The normalized spacial score (nSPS) is 14.1. The third-order valence-electron chi connectivity index (χ3n) is 4.22. The van der Waals surface area contributed by atoms with Gasteiger partial charge in [-0.15, -0.1) is 0 Å². The van der Waals surface area contributed by atoms with Gasteiger partial charge in [-0.25, -0.2) is 4.39 Å². The van der Waals surface area contributed by atoms with Crippen molar-refractivity contribution in [3.05, 3.63) is 98.4 Å². The number of carbonyl (C=O) groups is 1. The number of hydrogen-bond acceptors (Lipinski definition) is 3. The van der Waals surface area contributed by atoms with E-state index in [-0.39, 0.29) is 18.1 Å². The minimum Gasteiger partial charge on any atom is -0.489 e. The second-order valence-corrected chi connectivity index (χ2v) is 7.50. The summed E-state index contributed by atoms with van der Waals surface area (Å²) in [4.78, 5) is 12.5. The molecule has 0 unspecified atom stereocenters. The molecular weight excluding hydrogens is 447 g/mol. The molecule has 6 heteroatoms. The van der Waals surface area contributed by atoms with Gasteiger partial charge < -0.3 is 9.47 Å². The molecule has 0 saturated carbocycles. The zero-order valence-corrected chi connectivity index (χ0v) is 16.8. The van der Waals surface area contributed by atoms with Gasteiger partial charge in [0.2, 0.25) is 5.78 Å². The fourth-order valence-electron chi connectivity index (χ4n) is 2.77. The fraction of sp³-hybridized carbons (Fsp3) is 0.0455. The molecule has 0 aromatic heterocycles. The summed E-state index contributed by atoms with van der Waals surface area (Å²) in [6.45, 7) is 0.174. The van der Waals surface area contributed by atoms with Crippen molar-refractivity contribution in [1.29, 1.82) is 0 Å². The van der Waals surface area contributed by atoms with Gasteiger partial charge in [-0.05, 0) is 48.0 Å². The predicted molar refractivity (Wildman–Crippen MR) is 109 cm³/mol. The largest absolute Gasteiger partial charge is 0.489 e. The molecule has 0 amide bonds. The highest BCUT2D eigenvalue weighted by molar-refractivity contribution is 9.10. The first kappa shape index (κ1) is 18.7. The zero-order chi connectivity index (χ0) is 19.7. The van der Waals surface area contributed by atoms with E-state index in [1.54, 1.807) is 30.3 Å². The number of carbonyl (C=O) groups excluding carboxylic acids is 1. The molecule has 0 aliphatic carbocycles. The summed E-state index contributed by atoms with van der Waals surface area (Å²) in [6, 6.07) is 16.7. The molecule has 140 valence electrons. The third-order valence-corrected chi connectivity index (χ3v) is 5.10. The van der Waals surface area contributed by atoms with Crippen LogP contribution in [0.3, 0.4) is 0 Å². The molecule has 0 fully saturated rings. The van der Waals surface area contributed by atoms with E-state index in [4.69, 9.17) is 21.1 Å². The molecule has 1 aliphatic heterocycles. The van der Waals surface area contributed by atoms with Crippen LogP contribution in [0, 0.1) is 5.82 Å². The Morgan fingerprint density at radius 3 is 2.61 bits per heavy atom. The highest BCUT2D eigenvalue weighted by atomic mass is 79.9. The number of Topliss-reactive ketones (excluding diaryl/α,β-unsaturated/α-hetero) is 1. The van der Waals surface area contributed by atoms with Crippen LogP contribution in [-0.2, 0) is 6.61 Å². The molecule has 4 rings (SSSR count). The number of allylic oxidation sites excluding steroid dienone is 1. The molecule has 0 atom stereocenters. The van der Waals surface area contributed by atoms with Crippen molar-refractivity contribution in [3.8, 4) is 11.5 Å². The molecule has 0 N–H and O–H groups in total. The van der Waals surface area contributed by atoms with Crippen molar-refractivity contribution in [2.75, 3.05) is 0 Å². The third kappa shape index (κ3) is 3.96. The van der Waals surface area contributed by atoms with Crippen LogP contribution in [0.2, 0.25) is 5.02 Å². The monoisotopic (exact) mass is 458 g/mol. The Balaban J connectivity index is 1.51. The molecule has 3 nitrogen and oxygen atoms in total. The van der Waals surface area contributed by atoms with Crippen LogP contribution in [0.25, 0.3) is 6.08 Å². The lowest BCUT2D eigenvalue weighted by atomic mass is 10.1. The first-order chi connectivity index (χ1) is 13.5. The van der Waals surface area contributed by atoms with Gasteiger partial charge in [-0.1, -0.05) is 45.7 Å². The molecule has 0 bridgehead atoms. The van der Waals surface area contributed by atoms with E-state index in [2.05, 4.69) is 15.9 Å². The number of hydrogen-bond donors (Lipinski definition) is 0. The van der Waals surface area contributed by atoms with Crippen LogP contribution in [0.1, 0.15) is 21.5 Å². The maximum Gasteiger partial charge on any atom is 0.231 e. The van der Waals surface area contributed by atoms with E-state index in [1.807, 2.05) is 24.3 Å². The van der Waals surface area contributed by atoms with E-state index in [0.717, 1.165) is 10.0 Å². The van der Waals surface area contributed by atoms with E-state index in [9.17, 15) is 9.18 Å². The summed E-state index contributed by atoms with van der Waals surface area (Å²) in [6.07, 6.45) is 1.70. The minimum atomic E-state index is -0.400. The van der Waals surface area contributed by atoms with Gasteiger partial charge in [0, 0.05) is 16.1 Å². The smallest absolute Gasteiger partial charge is 0.231 e. The van der Waals surface area contributed by atoms with Crippen LogP contribution in [0.5, 0.6) is 11.5 Å². The highest BCUT2D eigenvalue weighted by Gasteiger charge is 2.27. The number of benzene rings is 3. The summed E-state index contributed by atoms with van der Waals surface area (Å²) >= 11 is 9.40. The average Bonchev–Trinajstić information content (AvgIpc) is 2.98. The van der Waals surface area contributed by atoms with Crippen LogP contribution in [0.15, 0.2) is 70.9 Å². The van der Waals surface area contributed by atoms with Crippen molar-refractivity contribution < 1.29 is 18.7 Å². The summed E-state index contributed by atoms with van der Waals surface area (Å²) in [5.41, 5.74) is 2.01. The SMILES string of the molecule is O=C1C(=Cc2ccc(Br)cc2)Oc2cc(OCc3ccc(F)cc3Cl)ccc21. The molecule has 3 aromatic carbocycles. The van der Waals surface area contributed by atoms with E-state index in [0.29, 0.717) is 27.6 Å². The number of ketones is 1. The van der Waals surface area contributed by atoms with Crippen molar-refractivity contribution in [3.63, 3.8) is 0 Å². The maximum absolute atomic E-state index is 13.1. The molecule has 0 saturated heterocycles. The first-order valence-corrected chi connectivity index (χ1v) is 9.57. The van der Waals surface area contributed by atoms with Gasteiger partial charge in [0.25, 0.3) is 0 Å². The summed E-state index contributed by atoms with van der Waals surface area (Å²) in [5.74, 6) is 0.651. The number of rotatable bonds is 4. The van der Waals surface area contributed by atoms with Crippen LogP contribution >= 0.6 is 27.5 Å². The van der Waals surface area contributed by atoms with Gasteiger partial charge in [0.05, 0.1) is 10.6 Å². The quantitative estimate of drug-likeness (QED) is 0.421. The summed E-state index contributed by atoms with van der Waals surface area (Å²) in [7, 11) is 0. The van der Waals surface area contributed by atoms with Crippen molar-refractivity contribution >= 4 is 39.4 Å². The molecule has 0 spiro atoms. The Labute approximate surface area is 174 Å². The number of halogens is 3. The molecule has 1 heterocycles. The summed E-state index contributed by atoms with van der Waals surface area (Å²) < 4.78 is 25.5. The van der Waals surface area contributed by atoms with Gasteiger partial charge in [0.15, 0.2) is 5.76 Å². The Morgan fingerprint density at radius 1 is 1.07 bits per heavy atom. The predicted octanol–water partition coefficient (Wildman–Crippen LogP) is 6.44. The molecular formula is C22H13BrClFO3. The van der Waals surface area contributed by atoms with Gasteiger partial charge in [-0.3, -0.25) is 4.79 Å². The second-order valence-electron chi connectivity index (χ2n) is 6.17. The van der Waals surface area contributed by atoms with Crippen molar-refractivity contribution in [2.24, 2.45) is 0 Å². The lowest BCUT2D eigenvalue weighted by Gasteiger charge is -2.08. The van der Waals surface area contributed by atoms with Gasteiger partial charge in [0.1, 0.15) is 23.9 Å². The highest BCUT2D eigenvalue weighted by Crippen LogP contribution is 2.35. The van der Waals surface area contributed by atoms with Crippen LogP contribution < -0.4 is 9.47 Å². The van der Waals surface area contributed by atoms with Gasteiger partial charge in [-0.2, -0.15) is 0 Å². The Bertz CT molecular complexity index is 1090. The molecule has 0 radical (unpaired) electrons. The maximum atomic E-state index is 13.1. The van der Waals surface area contributed by atoms with Crippen LogP contribution in [-0.4, -0.2) is 5.78 Å². The standard InChI is InChI=1S/C22H13BrClFO3/c23-15-4-1-13(2-5-15)9-21-22(26)18-8-7-17(11-20(18)28-21)27-12-14-3-6-16(25)10-19(14)24/h1-11H,12H2. The average molecular weight is 460 g/mol. The summed E-state index contributed by atoms with van der Waals surface area (Å²) in [5, 5.41) is 0.298. The Morgan fingerprint density at radius 2 is 1.86 bits per heavy atom. The van der Waals surface area contributed by atoms with Gasteiger partial charge >= 0.3 is 0 Å². The number of fused-ring (bicyclic) bond motifs is 1. The lowest BCUT2D eigenvalue weighted by Crippen LogP contribution is -1.98. The Hall–Kier alpha value is -2.63. The Kier molecular flexibility index (Phi) is 5.20. The minimum absolute atomic E-state index is 0.174. The van der Waals surface area contributed by atoms with E-state index in [1.165, 1.54) is 12.1 Å². The van der Waals surface area contributed by atoms with Crippen molar-refractivity contribution in [2.45, 2.75) is 6.61 Å². The second kappa shape index (κ2) is 7.78. The van der Waals surface area contributed by atoms with E-state index < -0.39 is 5.82 Å². The first-order valence-electron chi connectivity index (χ1n) is 8.40. The number of ether oxygens (including phenoxy) is 2. The topological polar surface area (TPSA) is 35.5 Å². The molecule has 3 aromatic rings. The van der Waals surface area contributed by atoms with E-state index >= 15 is 0 Å². The van der Waals surface area contributed by atoms with Crippen LogP contribution in [0.4, 0.5) is 4.39 Å². The molecule has 1 aliphatic rings. The molecule has 28 heavy (non-hydrogen) atoms. The fourth-order valence-corrected chi connectivity index (χ4v) is 3.25. The zero-order valence-electron chi connectivity index (χ0n) is 14.4. The van der Waals surface area contributed by atoms with Crippen molar-refractivity contribution in [1.82, 2.24) is 0 Å². The lowest BCUT2D eigenvalue weighted by molar-refractivity contribution is 0.101.